The molecule has 0 saturated heterocycles. The molecule has 0 aliphatic heterocycles. The average molecular weight is 800 g/mol. The number of rotatable bonds is 47. The van der Waals surface area contributed by atoms with E-state index in [4.69, 9.17) is 0 Å². The molecule has 0 aromatic carbocycles. The van der Waals surface area contributed by atoms with E-state index in [0.717, 1.165) is 32.1 Å². The largest absolute Gasteiger partial charge is 0.394 e. The molecule has 0 fully saturated rings. The Bertz CT molecular complexity index is 866. The van der Waals surface area contributed by atoms with E-state index in [-0.39, 0.29) is 12.5 Å². The van der Waals surface area contributed by atoms with Gasteiger partial charge in [0.25, 0.3) is 0 Å². The summed E-state index contributed by atoms with van der Waals surface area (Å²) in [7, 11) is 0. The van der Waals surface area contributed by atoms with Gasteiger partial charge in [-0.05, 0) is 51.4 Å². The Balaban J connectivity index is 3.38. The van der Waals surface area contributed by atoms with E-state index in [1.54, 1.807) is 6.08 Å². The average Bonchev–Trinajstić information content (AvgIpc) is 3.22. The van der Waals surface area contributed by atoms with Crippen molar-refractivity contribution in [1.29, 1.82) is 0 Å². The van der Waals surface area contributed by atoms with E-state index in [1.165, 1.54) is 225 Å². The third kappa shape index (κ3) is 45.5. The number of carbonyl (C=O) groups excluding carboxylic acids is 1. The number of allylic oxidation sites excluding steroid dienone is 5. The highest BCUT2D eigenvalue weighted by atomic mass is 16.3. The van der Waals surface area contributed by atoms with Crippen molar-refractivity contribution >= 4 is 5.91 Å². The fourth-order valence-electron chi connectivity index (χ4n) is 7.92. The number of carbonyl (C=O) groups is 1. The Morgan fingerprint density at radius 1 is 0.421 bits per heavy atom. The highest BCUT2D eigenvalue weighted by Gasteiger charge is 2.18. The lowest BCUT2D eigenvalue weighted by Gasteiger charge is -2.20. The monoisotopic (exact) mass is 800 g/mol. The summed E-state index contributed by atoms with van der Waals surface area (Å²) in [6, 6.07) is -0.618. The number of hydrogen-bond donors (Lipinski definition) is 3. The molecule has 57 heavy (non-hydrogen) atoms. The van der Waals surface area contributed by atoms with Gasteiger partial charge in [-0.15, -0.1) is 0 Å². The summed E-state index contributed by atoms with van der Waals surface area (Å²) in [6.07, 6.45) is 65.9. The van der Waals surface area contributed by atoms with Crippen LogP contribution in [0.3, 0.4) is 0 Å². The fourth-order valence-corrected chi connectivity index (χ4v) is 7.92. The predicted molar refractivity (Wildman–Crippen MR) is 253 cm³/mol. The van der Waals surface area contributed by atoms with Gasteiger partial charge in [0, 0.05) is 6.42 Å². The first kappa shape index (κ1) is 55.6. The van der Waals surface area contributed by atoms with Crippen molar-refractivity contribution in [1.82, 2.24) is 5.32 Å². The van der Waals surface area contributed by atoms with Gasteiger partial charge >= 0.3 is 0 Å². The van der Waals surface area contributed by atoms with Crippen LogP contribution < -0.4 is 5.32 Å². The maximum atomic E-state index is 12.4. The minimum Gasteiger partial charge on any atom is -0.394 e. The molecule has 0 aliphatic rings. The Hall–Kier alpha value is -1.39. The van der Waals surface area contributed by atoms with Crippen LogP contribution >= 0.6 is 0 Å². The van der Waals surface area contributed by atoms with Gasteiger partial charge in [-0.2, -0.15) is 0 Å². The van der Waals surface area contributed by atoms with Gasteiger partial charge in [0.2, 0.25) is 5.91 Å². The van der Waals surface area contributed by atoms with Crippen LogP contribution in [-0.4, -0.2) is 34.9 Å². The summed E-state index contributed by atoms with van der Waals surface area (Å²) in [4.78, 5) is 12.4. The number of aliphatic hydroxyl groups excluding tert-OH is 2. The van der Waals surface area contributed by atoms with Crippen LogP contribution in [0.25, 0.3) is 0 Å². The lowest BCUT2D eigenvalue weighted by atomic mass is 10.0. The van der Waals surface area contributed by atoms with E-state index < -0.39 is 12.1 Å². The number of aliphatic hydroxyl groups is 2. The lowest BCUT2D eigenvalue weighted by Crippen LogP contribution is -2.45. The third-order valence-electron chi connectivity index (χ3n) is 11.9. The van der Waals surface area contributed by atoms with Gasteiger partial charge in [-0.1, -0.05) is 256 Å². The van der Waals surface area contributed by atoms with Crippen LogP contribution in [0.4, 0.5) is 0 Å². The van der Waals surface area contributed by atoms with Crippen molar-refractivity contribution in [2.75, 3.05) is 6.61 Å². The van der Waals surface area contributed by atoms with Crippen molar-refractivity contribution in [2.24, 2.45) is 0 Å². The second kappa shape index (κ2) is 49.0. The van der Waals surface area contributed by atoms with Crippen LogP contribution in [0.2, 0.25) is 0 Å². The van der Waals surface area contributed by atoms with Gasteiger partial charge in [-0.25, -0.2) is 0 Å². The van der Waals surface area contributed by atoms with Crippen LogP contribution in [0.5, 0.6) is 0 Å². The molecule has 0 aromatic rings. The molecule has 0 bridgehead atoms. The first-order chi connectivity index (χ1) is 28.2. The molecule has 0 rings (SSSR count). The molecule has 4 nitrogen and oxygen atoms in total. The summed E-state index contributed by atoms with van der Waals surface area (Å²) >= 11 is 0. The lowest BCUT2D eigenvalue weighted by molar-refractivity contribution is -0.123. The molecule has 0 heterocycles. The first-order valence-corrected chi connectivity index (χ1v) is 25.7. The zero-order valence-electron chi connectivity index (χ0n) is 38.6. The van der Waals surface area contributed by atoms with Crippen molar-refractivity contribution in [3.05, 3.63) is 36.5 Å². The number of unbranched alkanes of at least 4 members (excludes halogenated alkanes) is 36. The molecular formula is C53H101NO3. The molecule has 0 aromatic heterocycles. The summed E-state index contributed by atoms with van der Waals surface area (Å²) in [6.45, 7) is 4.29. The number of nitrogens with one attached hydrogen (secondary N) is 1. The molecule has 2 atom stereocenters. The van der Waals surface area contributed by atoms with Crippen LogP contribution in [0.1, 0.15) is 277 Å². The Labute approximate surface area is 357 Å². The van der Waals surface area contributed by atoms with E-state index >= 15 is 0 Å². The molecule has 2 unspecified atom stereocenters. The predicted octanol–water partition coefficient (Wildman–Crippen LogP) is 16.5. The van der Waals surface area contributed by atoms with Gasteiger partial charge in [-0.3, -0.25) is 4.79 Å². The van der Waals surface area contributed by atoms with Gasteiger partial charge in [0.1, 0.15) is 0 Å². The van der Waals surface area contributed by atoms with Crippen LogP contribution in [0.15, 0.2) is 36.5 Å². The van der Waals surface area contributed by atoms with E-state index in [0.29, 0.717) is 6.42 Å². The summed E-state index contributed by atoms with van der Waals surface area (Å²) < 4.78 is 0. The molecule has 0 saturated carbocycles. The number of hydrogen-bond acceptors (Lipinski definition) is 3. The second-order valence-electron chi connectivity index (χ2n) is 17.6. The van der Waals surface area contributed by atoms with Crippen molar-refractivity contribution in [3.8, 4) is 0 Å². The van der Waals surface area contributed by atoms with Gasteiger partial charge in [0.15, 0.2) is 0 Å². The third-order valence-corrected chi connectivity index (χ3v) is 11.9. The quantitative estimate of drug-likeness (QED) is 0.0424. The maximum absolute atomic E-state index is 12.4. The highest BCUT2D eigenvalue weighted by molar-refractivity contribution is 5.76. The Morgan fingerprint density at radius 2 is 0.719 bits per heavy atom. The molecule has 3 N–H and O–H groups in total. The van der Waals surface area contributed by atoms with Crippen molar-refractivity contribution < 1.29 is 15.0 Å². The van der Waals surface area contributed by atoms with E-state index in [9.17, 15) is 15.0 Å². The standard InChI is InChI=1S/C53H101NO3/c1-3-5-7-9-11-13-15-16-17-18-19-20-21-22-23-24-25-26-27-28-29-30-31-32-33-34-35-36-37-38-39-41-43-45-47-49-53(57)54-51(50-55)52(56)48-46-44-42-40-14-12-10-8-6-4-2/h15-16,18-19,46,48,51-52,55-56H,3-14,17,20-45,47,49-50H2,1-2H3,(H,54,57)/b16-15-,19-18-,48-46+. The molecular weight excluding hydrogens is 699 g/mol. The topological polar surface area (TPSA) is 69.6 Å². The van der Waals surface area contributed by atoms with Gasteiger partial charge in [0.05, 0.1) is 18.8 Å². The normalized spacial score (nSPS) is 13.1. The fraction of sp³-hybridized carbons (Fsp3) is 0.868. The highest BCUT2D eigenvalue weighted by Crippen LogP contribution is 2.17. The molecule has 336 valence electrons. The molecule has 0 spiro atoms. The van der Waals surface area contributed by atoms with Crippen LogP contribution in [0, 0.1) is 0 Å². The Kier molecular flexibility index (Phi) is 47.8. The number of amides is 1. The second-order valence-corrected chi connectivity index (χ2v) is 17.6. The molecule has 1 amide bonds. The van der Waals surface area contributed by atoms with Crippen molar-refractivity contribution in [2.45, 2.75) is 289 Å². The summed E-state index contributed by atoms with van der Waals surface area (Å²) in [5.41, 5.74) is 0. The Morgan fingerprint density at radius 3 is 1.05 bits per heavy atom. The van der Waals surface area contributed by atoms with E-state index in [2.05, 4.69) is 43.5 Å². The smallest absolute Gasteiger partial charge is 0.220 e. The minimum atomic E-state index is -0.834. The zero-order chi connectivity index (χ0) is 41.4. The first-order valence-electron chi connectivity index (χ1n) is 25.7. The SMILES string of the molecule is CCCCCCC/C=C\C/C=C\CCCCCCCCCCCCCCCCCCCCCCCCCC(=O)NC(CO)C(O)/C=C/CCCCCCCCCC. The van der Waals surface area contributed by atoms with Crippen molar-refractivity contribution in [3.63, 3.8) is 0 Å². The van der Waals surface area contributed by atoms with Gasteiger partial charge < -0.3 is 15.5 Å². The molecule has 0 aliphatic carbocycles. The van der Waals surface area contributed by atoms with Crippen LogP contribution in [-0.2, 0) is 4.79 Å². The maximum Gasteiger partial charge on any atom is 0.220 e. The zero-order valence-corrected chi connectivity index (χ0v) is 38.6. The van der Waals surface area contributed by atoms with E-state index in [1.807, 2.05) is 6.08 Å². The summed E-state index contributed by atoms with van der Waals surface area (Å²) in [5.74, 6) is -0.0620. The summed E-state index contributed by atoms with van der Waals surface area (Å²) in [5, 5.41) is 22.9. The molecule has 0 radical (unpaired) electrons. The minimum absolute atomic E-state index is 0.0620. The molecule has 4 heteroatoms.